The molecule has 2 aromatic carbocycles. The smallest absolute Gasteiger partial charge is 0.261 e. The molecular formula is C15H9Cl2NO2. The fourth-order valence-electron chi connectivity index (χ4n) is 2.20. The highest BCUT2D eigenvalue weighted by Gasteiger charge is 2.35. The molecule has 2 aromatic rings. The molecule has 0 saturated heterocycles. The van der Waals surface area contributed by atoms with Crippen LogP contribution in [0.4, 0.5) is 0 Å². The van der Waals surface area contributed by atoms with E-state index in [0.717, 1.165) is 0 Å². The van der Waals surface area contributed by atoms with E-state index in [4.69, 9.17) is 23.2 Å². The van der Waals surface area contributed by atoms with Crippen molar-refractivity contribution in [1.29, 1.82) is 0 Å². The van der Waals surface area contributed by atoms with E-state index in [9.17, 15) is 9.59 Å². The zero-order valence-electron chi connectivity index (χ0n) is 10.3. The molecule has 0 aromatic heterocycles. The predicted octanol–water partition coefficient (Wildman–Crippen LogP) is 3.79. The molecule has 0 saturated carbocycles. The number of halogens is 2. The number of rotatable bonds is 2. The molecule has 0 aliphatic carbocycles. The Kier molecular flexibility index (Phi) is 3.24. The molecule has 1 heterocycles. The minimum Gasteiger partial charge on any atom is -0.270 e. The summed E-state index contributed by atoms with van der Waals surface area (Å²) in [5, 5.41) is 0.954. The molecule has 1 aliphatic heterocycles. The summed E-state index contributed by atoms with van der Waals surface area (Å²) >= 11 is 11.9. The summed E-state index contributed by atoms with van der Waals surface area (Å²) in [6.07, 6.45) is 0. The van der Waals surface area contributed by atoms with E-state index in [1.165, 1.54) is 4.90 Å². The van der Waals surface area contributed by atoms with E-state index in [1.54, 1.807) is 42.5 Å². The van der Waals surface area contributed by atoms with Crippen LogP contribution in [0, 0.1) is 0 Å². The number of carbonyl (C=O) groups is 2. The summed E-state index contributed by atoms with van der Waals surface area (Å²) in [6, 6.07) is 11.8. The summed E-state index contributed by atoms with van der Waals surface area (Å²) < 4.78 is 0. The highest BCUT2D eigenvalue weighted by molar-refractivity contribution is 6.35. The molecule has 0 N–H and O–H groups in total. The van der Waals surface area contributed by atoms with Crippen LogP contribution in [0.2, 0.25) is 10.0 Å². The lowest BCUT2D eigenvalue weighted by atomic mass is 10.1. The quantitative estimate of drug-likeness (QED) is 0.792. The molecule has 0 atom stereocenters. The molecule has 0 bridgehead atoms. The van der Waals surface area contributed by atoms with Crippen LogP contribution in [0.3, 0.4) is 0 Å². The lowest BCUT2D eigenvalue weighted by Gasteiger charge is -2.14. The molecule has 5 heteroatoms. The molecule has 0 unspecified atom stereocenters. The molecular weight excluding hydrogens is 297 g/mol. The van der Waals surface area contributed by atoms with Crippen molar-refractivity contribution >= 4 is 35.0 Å². The number of imide groups is 1. The Morgan fingerprint density at radius 2 is 1.50 bits per heavy atom. The zero-order valence-corrected chi connectivity index (χ0v) is 11.8. The largest absolute Gasteiger partial charge is 0.270 e. The van der Waals surface area contributed by atoms with Crippen molar-refractivity contribution in [3.8, 4) is 0 Å². The van der Waals surface area contributed by atoms with E-state index in [1.807, 2.05) is 0 Å². The average molecular weight is 306 g/mol. The van der Waals surface area contributed by atoms with Gasteiger partial charge in [-0.2, -0.15) is 0 Å². The number of hydrogen-bond donors (Lipinski definition) is 0. The SMILES string of the molecule is O=C1c2ccccc2C(=O)N1Cc1ccc(Cl)cc1Cl. The van der Waals surface area contributed by atoms with Gasteiger partial charge in [0.1, 0.15) is 0 Å². The van der Waals surface area contributed by atoms with Gasteiger partial charge >= 0.3 is 0 Å². The van der Waals surface area contributed by atoms with E-state index < -0.39 is 0 Å². The number of hydrogen-bond acceptors (Lipinski definition) is 2. The number of nitrogens with zero attached hydrogens (tertiary/aromatic N) is 1. The van der Waals surface area contributed by atoms with E-state index in [0.29, 0.717) is 26.7 Å². The summed E-state index contributed by atoms with van der Waals surface area (Å²) in [5.41, 5.74) is 1.55. The van der Waals surface area contributed by atoms with Crippen molar-refractivity contribution < 1.29 is 9.59 Å². The molecule has 20 heavy (non-hydrogen) atoms. The first-order valence-corrected chi connectivity index (χ1v) is 6.72. The first-order chi connectivity index (χ1) is 9.58. The summed E-state index contributed by atoms with van der Waals surface area (Å²) in [7, 11) is 0. The summed E-state index contributed by atoms with van der Waals surface area (Å²) in [4.78, 5) is 25.6. The lowest BCUT2D eigenvalue weighted by Crippen LogP contribution is -2.29. The van der Waals surface area contributed by atoms with Gasteiger partial charge in [0, 0.05) is 10.0 Å². The molecule has 0 fully saturated rings. The van der Waals surface area contributed by atoms with Crippen molar-refractivity contribution in [1.82, 2.24) is 4.90 Å². The van der Waals surface area contributed by atoms with Gasteiger partial charge in [0.2, 0.25) is 0 Å². The fraction of sp³-hybridized carbons (Fsp3) is 0.0667. The molecule has 2 amide bonds. The maximum atomic E-state index is 12.2. The molecule has 0 radical (unpaired) electrons. The second kappa shape index (κ2) is 4.93. The van der Waals surface area contributed by atoms with Crippen LogP contribution in [0.1, 0.15) is 26.3 Å². The highest BCUT2D eigenvalue weighted by atomic mass is 35.5. The number of amides is 2. The zero-order chi connectivity index (χ0) is 14.3. The number of carbonyl (C=O) groups excluding carboxylic acids is 2. The Morgan fingerprint density at radius 1 is 0.900 bits per heavy atom. The van der Waals surface area contributed by atoms with Crippen LogP contribution in [-0.2, 0) is 6.54 Å². The Hall–Kier alpha value is -1.84. The molecule has 3 nitrogen and oxygen atoms in total. The van der Waals surface area contributed by atoms with Gasteiger partial charge in [-0.3, -0.25) is 14.5 Å². The minimum absolute atomic E-state index is 0.141. The van der Waals surface area contributed by atoms with Gasteiger partial charge in [-0.1, -0.05) is 41.4 Å². The Bertz CT molecular complexity index is 693. The van der Waals surface area contributed by atoms with Crippen LogP contribution in [0.25, 0.3) is 0 Å². The second-order valence-electron chi connectivity index (χ2n) is 4.48. The van der Waals surface area contributed by atoms with Gasteiger partial charge in [0.15, 0.2) is 0 Å². The van der Waals surface area contributed by atoms with Gasteiger partial charge in [-0.25, -0.2) is 0 Å². The van der Waals surface area contributed by atoms with Crippen molar-refractivity contribution in [3.05, 3.63) is 69.2 Å². The lowest BCUT2D eigenvalue weighted by molar-refractivity contribution is 0.0642. The van der Waals surface area contributed by atoms with Crippen LogP contribution in [0.5, 0.6) is 0 Å². The Labute approximate surface area is 125 Å². The topological polar surface area (TPSA) is 37.4 Å². The average Bonchev–Trinajstić information content (AvgIpc) is 2.67. The third-order valence-electron chi connectivity index (χ3n) is 3.22. The maximum Gasteiger partial charge on any atom is 0.261 e. The van der Waals surface area contributed by atoms with Crippen LogP contribution >= 0.6 is 23.2 Å². The van der Waals surface area contributed by atoms with E-state index in [-0.39, 0.29) is 18.4 Å². The van der Waals surface area contributed by atoms with Gasteiger partial charge < -0.3 is 0 Å². The van der Waals surface area contributed by atoms with Crippen LogP contribution < -0.4 is 0 Å². The highest BCUT2D eigenvalue weighted by Crippen LogP contribution is 2.27. The minimum atomic E-state index is -0.295. The van der Waals surface area contributed by atoms with Gasteiger partial charge in [0.25, 0.3) is 11.8 Å². The molecule has 100 valence electrons. The molecule has 0 spiro atoms. The monoisotopic (exact) mass is 305 g/mol. The third kappa shape index (κ3) is 2.09. The predicted molar refractivity (Wildman–Crippen MR) is 77.1 cm³/mol. The van der Waals surface area contributed by atoms with Gasteiger partial charge in [0.05, 0.1) is 17.7 Å². The second-order valence-corrected chi connectivity index (χ2v) is 5.32. The van der Waals surface area contributed by atoms with E-state index >= 15 is 0 Å². The molecule has 1 aliphatic rings. The normalized spacial score (nSPS) is 13.8. The van der Waals surface area contributed by atoms with Crippen molar-refractivity contribution in [2.75, 3.05) is 0 Å². The van der Waals surface area contributed by atoms with Crippen molar-refractivity contribution in [2.24, 2.45) is 0 Å². The standard InChI is InChI=1S/C15H9Cl2NO2/c16-10-6-5-9(13(17)7-10)8-18-14(19)11-3-1-2-4-12(11)15(18)20/h1-7H,8H2. The first kappa shape index (κ1) is 13.2. The molecule has 3 rings (SSSR count). The van der Waals surface area contributed by atoms with Crippen LogP contribution in [0.15, 0.2) is 42.5 Å². The summed E-state index contributed by atoms with van der Waals surface area (Å²) in [6.45, 7) is 0.141. The van der Waals surface area contributed by atoms with E-state index in [2.05, 4.69) is 0 Å². The third-order valence-corrected chi connectivity index (χ3v) is 3.81. The Morgan fingerprint density at radius 3 is 2.05 bits per heavy atom. The maximum absolute atomic E-state index is 12.2. The number of benzene rings is 2. The van der Waals surface area contributed by atoms with Gasteiger partial charge in [-0.05, 0) is 29.8 Å². The number of fused-ring (bicyclic) bond motifs is 1. The fourth-order valence-corrected chi connectivity index (χ4v) is 2.67. The van der Waals surface area contributed by atoms with Gasteiger partial charge in [-0.15, -0.1) is 0 Å². The first-order valence-electron chi connectivity index (χ1n) is 5.97. The summed E-state index contributed by atoms with van der Waals surface area (Å²) in [5.74, 6) is -0.590. The van der Waals surface area contributed by atoms with Crippen molar-refractivity contribution in [3.63, 3.8) is 0 Å². The van der Waals surface area contributed by atoms with Crippen molar-refractivity contribution in [2.45, 2.75) is 6.54 Å². The Balaban J connectivity index is 1.94. The van der Waals surface area contributed by atoms with Crippen LogP contribution in [-0.4, -0.2) is 16.7 Å².